The molecular weight excluding hydrogens is 284 g/mol. The van der Waals surface area contributed by atoms with Gasteiger partial charge in [0.15, 0.2) is 0 Å². The topological polar surface area (TPSA) is 79.2 Å². The van der Waals surface area contributed by atoms with E-state index in [0.29, 0.717) is 6.61 Å². The summed E-state index contributed by atoms with van der Waals surface area (Å²) in [4.78, 5) is 0. The lowest BCUT2D eigenvalue weighted by Crippen LogP contribution is -2.42. The van der Waals surface area contributed by atoms with Crippen LogP contribution in [-0.2, 0) is 9.47 Å². The summed E-state index contributed by atoms with van der Waals surface area (Å²) in [5, 5.41) is 28.4. The van der Waals surface area contributed by atoms with Crippen LogP contribution in [-0.4, -0.2) is 59.6 Å². The lowest BCUT2D eigenvalue weighted by Gasteiger charge is -2.23. The number of rotatable bonds is 13. The van der Waals surface area contributed by atoms with Crippen LogP contribution in [0, 0.1) is 0 Å². The molecule has 22 heavy (non-hydrogen) atoms. The maximum absolute atomic E-state index is 9.80. The van der Waals surface area contributed by atoms with Crippen LogP contribution >= 0.6 is 0 Å². The summed E-state index contributed by atoms with van der Waals surface area (Å²) < 4.78 is 11.0. The summed E-state index contributed by atoms with van der Waals surface area (Å²) >= 11 is 0. The SMILES string of the molecule is CCCCCCCCCCCO[C@H]1[C@@H]([C@H](O)CO)OC[C@@H]1O. The van der Waals surface area contributed by atoms with Crippen molar-refractivity contribution in [2.75, 3.05) is 19.8 Å². The predicted molar refractivity (Wildman–Crippen MR) is 85.8 cm³/mol. The van der Waals surface area contributed by atoms with Crippen LogP contribution in [0.1, 0.15) is 64.7 Å². The minimum Gasteiger partial charge on any atom is -0.394 e. The Bertz CT molecular complexity index is 261. The number of aliphatic hydroxyl groups excluding tert-OH is 3. The van der Waals surface area contributed by atoms with Crippen LogP contribution in [0.15, 0.2) is 0 Å². The molecule has 4 atom stereocenters. The van der Waals surface area contributed by atoms with Gasteiger partial charge in [-0.1, -0.05) is 58.3 Å². The van der Waals surface area contributed by atoms with Gasteiger partial charge >= 0.3 is 0 Å². The highest BCUT2D eigenvalue weighted by molar-refractivity contribution is 4.89. The summed E-state index contributed by atoms with van der Waals surface area (Å²) in [5.74, 6) is 0. The largest absolute Gasteiger partial charge is 0.394 e. The van der Waals surface area contributed by atoms with Crippen LogP contribution < -0.4 is 0 Å². The molecule has 1 fully saturated rings. The van der Waals surface area contributed by atoms with Crippen molar-refractivity contribution in [1.82, 2.24) is 0 Å². The average molecular weight is 318 g/mol. The van der Waals surface area contributed by atoms with E-state index in [2.05, 4.69) is 6.92 Å². The van der Waals surface area contributed by atoms with E-state index in [1.807, 2.05) is 0 Å². The second kappa shape index (κ2) is 12.3. The van der Waals surface area contributed by atoms with Crippen molar-refractivity contribution in [3.05, 3.63) is 0 Å². The van der Waals surface area contributed by atoms with Crippen molar-refractivity contribution in [2.24, 2.45) is 0 Å². The predicted octanol–water partition coefficient (Wildman–Crippen LogP) is 2.02. The lowest BCUT2D eigenvalue weighted by molar-refractivity contribution is -0.0938. The smallest absolute Gasteiger partial charge is 0.114 e. The fourth-order valence-corrected chi connectivity index (χ4v) is 2.89. The second-order valence-corrected chi connectivity index (χ2v) is 6.28. The first-order chi connectivity index (χ1) is 10.7. The zero-order chi connectivity index (χ0) is 16.2. The molecule has 0 spiro atoms. The third-order valence-electron chi connectivity index (χ3n) is 4.29. The minimum atomic E-state index is -0.995. The Morgan fingerprint density at radius 2 is 1.64 bits per heavy atom. The maximum atomic E-state index is 9.80. The van der Waals surface area contributed by atoms with E-state index >= 15 is 0 Å². The summed E-state index contributed by atoms with van der Waals surface area (Å²) in [6.07, 6.45) is 8.38. The Kier molecular flexibility index (Phi) is 11.1. The number of ether oxygens (including phenoxy) is 2. The molecule has 1 aliphatic heterocycles. The summed E-state index contributed by atoms with van der Waals surface area (Å²) in [5.41, 5.74) is 0. The molecule has 0 saturated carbocycles. The van der Waals surface area contributed by atoms with Gasteiger partial charge in [0.05, 0.1) is 13.2 Å². The molecule has 1 heterocycles. The normalized spacial score (nSPS) is 26.5. The Morgan fingerprint density at radius 3 is 2.23 bits per heavy atom. The molecule has 5 heteroatoms. The van der Waals surface area contributed by atoms with Gasteiger partial charge in [-0.15, -0.1) is 0 Å². The molecule has 0 bridgehead atoms. The molecule has 1 saturated heterocycles. The van der Waals surface area contributed by atoms with E-state index in [1.165, 1.54) is 44.9 Å². The fraction of sp³-hybridized carbons (Fsp3) is 1.00. The maximum Gasteiger partial charge on any atom is 0.114 e. The van der Waals surface area contributed by atoms with Gasteiger partial charge in [0.2, 0.25) is 0 Å². The molecular formula is C17H34O5. The van der Waals surface area contributed by atoms with Crippen LogP contribution in [0.2, 0.25) is 0 Å². The van der Waals surface area contributed by atoms with E-state index in [1.54, 1.807) is 0 Å². The molecule has 1 aliphatic rings. The Labute approximate surface area is 134 Å². The fourth-order valence-electron chi connectivity index (χ4n) is 2.89. The third-order valence-corrected chi connectivity index (χ3v) is 4.29. The zero-order valence-electron chi connectivity index (χ0n) is 14.0. The lowest BCUT2D eigenvalue weighted by atomic mass is 10.1. The van der Waals surface area contributed by atoms with Gasteiger partial charge in [0, 0.05) is 6.61 Å². The van der Waals surface area contributed by atoms with Gasteiger partial charge in [-0.3, -0.25) is 0 Å². The molecule has 0 unspecified atom stereocenters. The molecule has 3 N–H and O–H groups in total. The van der Waals surface area contributed by atoms with Crippen molar-refractivity contribution in [2.45, 2.75) is 89.1 Å². The zero-order valence-corrected chi connectivity index (χ0v) is 14.0. The van der Waals surface area contributed by atoms with Crippen molar-refractivity contribution >= 4 is 0 Å². The van der Waals surface area contributed by atoms with Crippen molar-refractivity contribution in [1.29, 1.82) is 0 Å². The highest BCUT2D eigenvalue weighted by Crippen LogP contribution is 2.21. The minimum absolute atomic E-state index is 0.157. The van der Waals surface area contributed by atoms with E-state index in [9.17, 15) is 10.2 Å². The van der Waals surface area contributed by atoms with E-state index in [-0.39, 0.29) is 13.2 Å². The highest BCUT2D eigenvalue weighted by atomic mass is 16.6. The van der Waals surface area contributed by atoms with Gasteiger partial charge in [0.1, 0.15) is 24.4 Å². The average Bonchev–Trinajstić information content (AvgIpc) is 2.89. The quantitative estimate of drug-likeness (QED) is 0.453. The first kappa shape index (κ1) is 19.8. The molecule has 132 valence electrons. The van der Waals surface area contributed by atoms with Crippen LogP contribution in [0.5, 0.6) is 0 Å². The molecule has 0 radical (unpaired) electrons. The van der Waals surface area contributed by atoms with Crippen molar-refractivity contribution in [3.63, 3.8) is 0 Å². The first-order valence-electron chi connectivity index (χ1n) is 8.90. The number of unbranched alkanes of at least 4 members (excludes halogenated alkanes) is 8. The Hall–Kier alpha value is -0.200. The summed E-state index contributed by atoms with van der Waals surface area (Å²) in [6, 6.07) is 0. The summed E-state index contributed by atoms with van der Waals surface area (Å²) in [7, 11) is 0. The first-order valence-corrected chi connectivity index (χ1v) is 8.90. The van der Waals surface area contributed by atoms with Gasteiger partial charge in [-0.25, -0.2) is 0 Å². The van der Waals surface area contributed by atoms with Gasteiger partial charge in [0.25, 0.3) is 0 Å². The molecule has 0 aromatic carbocycles. The van der Waals surface area contributed by atoms with Crippen LogP contribution in [0.3, 0.4) is 0 Å². The van der Waals surface area contributed by atoms with Crippen molar-refractivity contribution in [3.8, 4) is 0 Å². The van der Waals surface area contributed by atoms with Gasteiger partial charge in [-0.05, 0) is 6.42 Å². The van der Waals surface area contributed by atoms with Crippen LogP contribution in [0.25, 0.3) is 0 Å². The van der Waals surface area contributed by atoms with Crippen LogP contribution in [0.4, 0.5) is 0 Å². The van der Waals surface area contributed by atoms with E-state index in [0.717, 1.165) is 12.8 Å². The standard InChI is InChI=1S/C17H34O5/c1-2-3-4-5-6-7-8-9-10-11-21-17-15(20)13-22-16(17)14(19)12-18/h14-20H,2-13H2,1H3/t14-,15+,16-,17-/m1/s1. The van der Waals surface area contributed by atoms with Crippen molar-refractivity contribution < 1.29 is 24.8 Å². The molecule has 0 amide bonds. The molecule has 5 nitrogen and oxygen atoms in total. The number of aliphatic hydroxyl groups is 3. The van der Waals surface area contributed by atoms with Gasteiger partial charge < -0.3 is 24.8 Å². The monoisotopic (exact) mass is 318 g/mol. The molecule has 0 aromatic heterocycles. The third kappa shape index (κ3) is 7.38. The molecule has 1 rings (SSSR count). The molecule has 0 aromatic rings. The number of hydrogen-bond donors (Lipinski definition) is 3. The number of hydrogen-bond acceptors (Lipinski definition) is 5. The summed E-state index contributed by atoms with van der Waals surface area (Å²) in [6.45, 7) is 2.57. The second-order valence-electron chi connectivity index (χ2n) is 6.28. The molecule has 0 aliphatic carbocycles. The Morgan fingerprint density at radius 1 is 1.05 bits per heavy atom. The van der Waals surface area contributed by atoms with E-state index in [4.69, 9.17) is 14.6 Å². The Balaban J connectivity index is 2.01. The van der Waals surface area contributed by atoms with Gasteiger partial charge in [-0.2, -0.15) is 0 Å². The van der Waals surface area contributed by atoms with E-state index < -0.39 is 24.4 Å². The highest BCUT2D eigenvalue weighted by Gasteiger charge is 2.40.